The molecule has 0 saturated heterocycles. The standard InChI is InChI=1S/C17H18N4O3/c22-15(19-7-3-4-9-20-10-8-18-12-20)11-21-16(23)13-5-1-2-6-14(13)17(21)24/h1-2,5-6,8,10,12H,3-4,7,9,11H2,(H,19,22). The number of fused-ring (bicyclic) bond motifs is 1. The number of hydrogen-bond donors (Lipinski definition) is 1. The molecular weight excluding hydrogens is 308 g/mol. The third-order valence-corrected chi connectivity index (χ3v) is 3.90. The van der Waals surface area contributed by atoms with E-state index in [2.05, 4.69) is 10.3 Å². The molecule has 3 rings (SSSR count). The third-order valence-electron chi connectivity index (χ3n) is 3.90. The molecule has 124 valence electrons. The van der Waals surface area contributed by atoms with E-state index in [1.807, 2.05) is 10.8 Å². The minimum Gasteiger partial charge on any atom is -0.355 e. The Morgan fingerprint density at radius 3 is 2.42 bits per heavy atom. The molecule has 0 aliphatic carbocycles. The Bertz CT molecular complexity index is 720. The van der Waals surface area contributed by atoms with Gasteiger partial charge in [0.1, 0.15) is 6.54 Å². The Kier molecular flexibility index (Phi) is 4.69. The summed E-state index contributed by atoms with van der Waals surface area (Å²) in [7, 11) is 0. The van der Waals surface area contributed by atoms with Crippen LogP contribution < -0.4 is 5.32 Å². The van der Waals surface area contributed by atoms with Gasteiger partial charge in [0, 0.05) is 25.5 Å². The molecule has 0 unspecified atom stereocenters. The van der Waals surface area contributed by atoms with Gasteiger partial charge in [0.25, 0.3) is 11.8 Å². The monoisotopic (exact) mass is 326 g/mol. The molecule has 0 radical (unpaired) electrons. The first-order valence-corrected chi connectivity index (χ1v) is 7.84. The topological polar surface area (TPSA) is 84.3 Å². The Morgan fingerprint density at radius 2 is 1.79 bits per heavy atom. The number of aryl methyl sites for hydroxylation is 1. The van der Waals surface area contributed by atoms with Gasteiger partial charge >= 0.3 is 0 Å². The van der Waals surface area contributed by atoms with Gasteiger partial charge in [-0.2, -0.15) is 0 Å². The summed E-state index contributed by atoms with van der Waals surface area (Å²) in [5.74, 6) is -1.15. The Balaban J connectivity index is 1.42. The molecule has 0 saturated carbocycles. The lowest BCUT2D eigenvalue weighted by atomic mass is 10.1. The molecule has 2 heterocycles. The first kappa shape index (κ1) is 15.9. The van der Waals surface area contributed by atoms with Crippen LogP contribution in [0.1, 0.15) is 33.6 Å². The van der Waals surface area contributed by atoms with Crippen molar-refractivity contribution < 1.29 is 14.4 Å². The van der Waals surface area contributed by atoms with Crippen molar-refractivity contribution >= 4 is 17.7 Å². The third kappa shape index (κ3) is 3.34. The maximum atomic E-state index is 12.2. The number of aromatic nitrogens is 2. The Hall–Kier alpha value is -2.96. The fourth-order valence-electron chi connectivity index (χ4n) is 2.65. The number of carbonyl (C=O) groups is 3. The summed E-state index contributed by atoms with van der Waals surface area (Å²) >= 11 is 0. The number of amides is 3. The SMILES string of the molecule is O=C(CN1C(=O)c2ccccc2C1=O)NCCCCn1ccnc1. The number of hydrogen-bond acceptors (Lipinski definition) is 4. The maximum Gasteiger partial charge on any atom is 0.262 e. The highest BCUT2D eigenvalue weighted by Crippen LogP contribution is 2.21. The summed E-state index contributed by atoms with van der Waals surface area (Å²) in [5.41, 5.74) is 0.714. The number of unbranched alkanes of at least 4 members (excludes halogenated alkanes) is 1. The predicted octanol–water partition coefficient (Wildman–Crippen LogP) is 1.08. The summed E-state index contributed by atoms with van der Waals surface area (Å²) in [6.45, 7) is 1.11. The summed E-state index contributed by atoms with van der Waals surface area (Å²) in [6.07, 6.45) is 7.08. The van der Waals surface area contributed by atoms with E-state index in [9.17, 15) is 14.4 Å². The Morgan fingerprint density at radius 1 is 1.08 bits per heavy atom. The summed E-state index contributed by atoms with van der Waals surface area (Å²) in [4.78, 5) is 41.2. The highest BCUT2D eigenvalue weighted by molar-refractivity contribution is 6.22. The van der Waals surface area contributed by atoms with Crippen LogP contribution in [-0.2, 0) is 11.3 Å². The van der Waals surface area contributed by atoms with Crippen LogP contribution in [0.4, 0.5) is 0 Å². The lowest BCUT2D eigenvalue weighted by molar-refractivity contribution is -0.121. The molecule has 24 heavy (non-hydrogen) atoms. The normalized spacial score (nSPS) is 13.2. The van der Waals surface area contributed by atoms with E-state index in [1.54, 1.807) is 36.8 Å². The highest BCUT2D eigenvalue weighted by Gasteiger charge is 2.36. The molecule has 0 fully saturated rings. The van der Waals surface area contributed by atoms with Crippen molar-refractivity contribution in [1.29, 1.82) is 0 Å². The number of nitrogens with one attached hydrogen (secondary N) is 1. The summed E-state index contributed by atoms with van der Waals surface area (Å²) in [6, 6.07) is 6.61. The van der Waals surface area contributed by atoms with Crippen LogP contribution in [0.5, 0.6) is 0 Å². The maximum absolute atomic E-state index is 12.2. The van der Waals surface area contributed by atoms with Crippen molar-refractivity contribution in [3.63, 3.8) is 0 Å². The number of imidazole rings is 1. The molecular formula is C17H18N4O3. The van der Waals surface area contributed by atoms with Crippen LogP contribution in [0.3, 0.4) is 0 Å². The van der Waals surface area contributed by atoms with Crippen LogP contribution in [0.25, 0.3) is 0 Å². The van der Waals surface area contributed by atoms with Gasteiger partial charge in [0.15, 0.2) is 0 Å². The quantitative estimate of drug-likeness (QED) is 0.609. The largest absolute Gasteiger partial charge is 0.355 e. The Labute approximate surface area is 139 Å². The molecule has 1 N–H and O–H groups in total. The number of benzene rings is 1. The van der Waals surface area contributed by atoms with E-state index in [0.717, 1.165) is 24.3 Å². The van der Waals surface area contributed by atoms with Gasteiger partial charge in [0.05, 0.1) is 17.5 Å². The molecule has 1 aromatic carbocycles. The van der Waals surface area contributed by atoms with Crippen LogP contribution >= 0.6 is 0 Å². The molecule has 7 heteroatoms. The zero-order valence-electron chi connectivity index (χ0n) is 13.1. The van der Waals surface area contributed by atoms with Crippen LogP contribution in [-0.4, -0.2) is 45.3 Å². The predicted molar refractivity (Wildman–Crippen MR) is 86.3 cm³/mol. The molecule has 0 spiro atoms. The smallest absolute Gasteiger partial charge is 0.262 e. The van der Waals surface area contributed by atoms with E-state index in [0.29, 0.717) is 17.7 Å². The van der Waals surface area contributed by atoms with Crippen molar-refractivity contribution in [1.82, 2.24) is 19.8 Å². The molecule has 2 aromatic rings. The minimum atomic E-state index is -0.411. The number of carbonyl (C=O) groups excluding carboxylic acids is 3. The van der Waals surface area contributed by atoms with Crippen LogP contribution in [0.15, 0.2) is 43.0 Å². The molecule has 0 bridgehead atoms. The second kappa shape index (κ2) is 7.08. The summed E-state index contributed by atoms with van der Waals surface area (Å²) < 4.78 is 1.97. The van der Waals surface area contributed by atoms with Crippen molar-refractivity contribution in [2.75, 3.05) is 13.1 Å². The average Bonchev–Trinajstić information content (AvgIpc) is 3.18. The van der Waals surface area contributed by atoms with E-state index in [1.165, 1.54) is 0 Å². The zero-order chi connectivity index (χ0) is 16.9. The molecule has 3 amide bonds. The van der Waals surface area contributed by atoms with E-state index in [4.69, 9.17) is 0 Å². The van der Waals surface area contributed by atoms with Gasteiger partial charge in [0.2, 0.25) is 5.91 Å². The molecule has 1 aliphatic heterocycles. The average molecular weight is 326 g/mol. The zero-order valence-corrected chi connectivity index (χ0v) is 13.1. The molecule has 0 atom stereocenters. The lowest BCUT2D eigenvalue weighted by Crippen LogP contribution is -2.40. The minimum absolute atomic E-state index is 0.242. The first-order valence-electron chi connectivity index (χ1n) is 7.84. The van der Waals surface area contributed by atoms with Gasteiger partial charge in [-0.3, -0.25) is 19.3 Å². The number of rotatable bonds is 7. The van der Waals surface area contributed by atoms with Gasteiger partial charge in [-0.05, 0) is 25.0 Å². The molecule has 1 aromatic heterocycles. The van der Waals surface area contributed by atoms with Crippen molar-refractivity contribution in [2.45, 2.75) is 19.4 Å². The van der Waals surface area contributed by atoms with Crippen LogP contribution in [0, 0.1) is 0 Å². The summed E-state index contributed by atoms with van der Waals surface area (Å²) in [5, 5.41) is 2.75. The van der Waals surface area contributed by atoms with Crippen molar-refractivity contribution in [3.8, 4) is 0 Å². The number of nitrogens with zero attached hydrogens (tertiary/aromatic N) is 3. The van der Waals surface area contributed by atoms with Crippen molar-refractivity contribution in [2.24, 2.45) is 0 Å². The number of imide groups is 1. The van der Waals surface area contributed by atoms with E-state index < -0.39 is 11.8 Å². The second-order valence-electron chi connectivity index (χ2n) is 5.60. The van der Waals surface area contributed by atoms with E-state index >= 15 is 0 Å². The van der Waals surface area contributed by atoms with Crippen LogP contribution in [0.2, 0.25) is 0 Å². The van der Waals surface area contributed by atoms with Gasteiger partial charge in [-0.25, -0.2) is 4.98 Å². The molecule has 1 aliphatic rings. The van der Waals surface area contributed by atoms with E-state index in [-0.39, 0.29) is 12.5 Å². The fourth-order valence-corrected chi connectivity index (χ4v) is 2.65. The second-order valence-corrected chi connectivity index (χ2v) is 5.60. The van der Waals surface area contributed by atoms with Gasteiger partial charge in [-0.1, -0.05) is 12.1 Å². The first-order chi connectivity index (χ1) is 11.7. The lowest BCUT2D eigenvalue weighted by Gasteiger charge is -2.13. The molecule has 7 nitrogen and oxygen atoms in total. The van der Waals surface area contributed by atoms with Crippen molar-refractivity contribution in [3.05, 3.63) is 54.1 Å². The fraction of sp³-hybridized carbons (Fsp3) is 0.294. The highest BCUT2D eigenvalue weighted by atomic mass is 16.2. The van der Waals surface area contributed by atoms with Gasteiger partial charge in [-0.15, -0.1) is 0 Å². The van der Waals surface area contributed by atoms with Gasteiger partial charge < -0.3 is 9.88 Å².